The summed E-state index contributed by atoms with van der Waals surface area (Å²) < 4.78 is 39.8. The van der Waals surface area contributed by atoms with Crippen LogP contribution in [0, 0.1) is 11.8 Å². The van der Waals surface area contributed by atoms with Crippen LogP contribution in [0.3, 0.4) is 0 Å². The smallest absolute Gasteiger partial charge is 0.220 e. The monoisotopic (exact) mass is 287 g/mol. The van der Waals surface area contributed by atoms with E-state index in [4.69, 9.17) is 0 Å². The molecule has 0 saturated heterocycles. The largest absolute Gasteiger partial charge is 0.433 e. The van der Waals surface area contributed by atoms with Crippen molar-refractivity contribution in [3.63, 3.8) is 0 Å². The zero-order valence-electron chi connectivity index (χ0n) is 10.6. The van der Waals surface area contributed by atoms with Gasteiger partial charge in [0, 0.05) is 17.7 Å². The van der Waals surface area contributed by atoms with Gasteiger partial charge in [-0.1, -0.05) is 24.1 Å². The fraction of sp³-hybridized carbons (Fsp3) is 0.0667. The number of hydrogen-bond acceptors (Lipinski definition) is 2. The van der Waals surface area contributed by atoms with Gasteiger partial charge in [0.15, 0.2) is 11.3 Å². The Morgan fingerprint density at radius 3 is 2.48 bits per heavy atom. The molecule has 21 heavy (non-hydrogen) atoms. The molecule has 0 aliphatic carbocycles. The molecule has 0 spiro atoms. The minimum atomic E-state index is -4.52. The Balaban J connectivity index is 2.10. The van der Waals surface area contributed by atoms with Crippen LogP contribution < -0.4 is 0 Å². The average molecular weight is 287 g/mol. The average Bonchev–Trinajstić information content (AvgIpc) is 2.92. The predicted octanol–water partition coefficient (Wildman–Crippen LogP) is 3.15. The third-order valence-electron chi connectivity index (χ3n) is 2.76. The van der Waals surface area contributed by atoms with Crippen LogP contribution in [0.1, 0.15) is 17.0 Å². The van der Waals surface area contributed by atoms with E-state index in [1.54, 1.807) is 24.3 Å². The van der Waals surface area contributed by atoms with Crippen LogP contribution in [-0.2, 0) is 6.18 Å². The number of rotatable bonds is 0. The number of halogens is 3. The van der Waals surface area contributed by atoms with Crippen LogP contribution in [0.15, 0.2) is 48.7 Å². The second-order valence-electron chi connectivity index (χ2n) is 4.24. The molecule has 1 aromatic carbocycles. The van der Waals surface area contributed by atoms with Crippen molar-refractivity contribution >= 4 is 5.65 Å². The van der Waals surface area contributed by atoms with E-state index in [9.17, 15) is 13.2 Å². The van der Waals surface area contributed by atoms with Gasteiger partial charge in [0.05, 0.1) is 6.20 Å². The van der Waals surface area contributed by atoms with Crippen LogP contribution in [0.4, 0.5) is 13.2 Å². The van der Waals surface area contributed by atoms with E-state index in [0.29, 0.717) is 5.56 Å². The van der Waals surface area contributed by atoms with Gasteiger partial charge in [0.2, 0.25) is 0 Å². The van der Waals surface area contributed by atoms with Crippen LogP contribution in [-0.4, -0.2) is 14.6 Å². The fourth-order valence-corrected chi connectivity index (χ4v) is 1.84. The number of hydrogen-bond donors (Lipinski definition) is 0. The molecule has 0 N–H and O–H groups in total. The Hall–Kier alpha value is -2.81. The first kappa shape index (κ1) is 13.2. The van der Waals surface area contributed by atoms with Crippen LogP contribution in [0.5, 0.6) is 0 Å². The molecule has 104 valence electrons. The van der Waals surface area contributed by atoms with Gasteiger partial charge in [0.1, 0.15) is 5.69 Å². The molecule has 3 nitrogen and oxygen atoms in total. The summed E-state index contributed by atoms with van der Waals surface area (Å²) >= 11 is 0. The lowest BCUT2D eigenvalue weighted by Crippen LogP contribution is -2.13. The zero-order valence-corrected chi connectivity index (χ0v) is 10.6. The highest BCUT2D eigenvalue weighted by Gasteiger charge is 2.34. The van der Waals surface area contributed by atoms with Gasteiger partial charge in [-0.3, -0.25) is 0 Å². The van der Waals surface area contributed by atoms with E-state index in [-0.39, 0.29) is 11.3 Å². The van der Waals surface area contributed by atoms with Gasteiger partial charge in [-0.25, -0.2) is 9.50 Å². The minimum Gasteiger partial charge on any atom is -0.220 e. The fourth-order valence-electron chi connectivity index (χ4n) is 1.84. The Bertz CT molecular complexity index is 839. The lowest BCUT2D eigenvalue weighted by Gasteiger charge is -2.08. The summed E-state index contributed by atoms with van der Waals surface area (Å²) in [7, 11) is 0. The molecule has 0 bridgehead atoms. The van der Waals surface area contributed by atoms with Crippen molar-refractivity contribution < 1.29 is 13.2 Å². The topological polar surface area (TPSA) is 30.2 Å². The predicted molar refractivity (Wildman–Crippen MR) is 70.4 cm³/mol. The second-order valence-corrected chi connectivity index (χ2v) is 4.24. The summed E-state index contributed by atoms with van der Waals surface area (Å²) in [6.07, 6.45) is -3.25. The Kier molecular flexibility index (Phi) is 3.10. The zero-order chi connectivity index (χ0) is 14.9. The molecular formula is C15H8F3N3. The molecule has 0 radical (unpaired) electrons. The summed E-state index contributed by atoms with van der Waals surface area (Å²) in [6.45, 7) is 0. The summed E-state index contributed by atoms with van der Waals surface area (Å²) in [5.74, 6) is 5.44. The van der Waals surface area contributed by atoms with E-state index in [1.165, 1.54) is 12.3 Å². The van der Waals surface area contributed by atoms with Crippen molar-refractivity contribution in [1.29, 1.82) is 0 Å². The van der Waals surface area contributed by atoms with Gasteiger partial charge >= 0.3 is 6.18 Å². The number of benzene rings is 1. The Morgan fingerprint density at radius 1 is 1.00 bits per heavy atom. The molecule has 6 heteroatoms. The maximum absolute atomic E-state index is 13.0. The lowest BCUT2D eigenvalue weighted by atomic mass is 10.2. The molecule has 0 saturated carbocycles. The first-order chi connectivity index (χ1) is 10.0. The Labute approximate surface area is 118 Å². The molecular weight excluding hydrogens is 279 g/mol. The van der Waals surface area contributed by atoms with Gasteiger partial charge in [-0.05, 0) is 18.1 Å². The van der Waals surface area contributed by atoms with Crippen molar-refractivity contribution in [1.82, 2.24) is 14.6 Å². The third-order valence-corrected chi connectivity index (χ3v) is 2.76. The summed E-state index contributed by atoms with van der Waals surface area (Å²) in [5.41, 5.74) is -0.0162. The number of alkyl halides is 3. The second kappa shape index (κ2) is 4.94. The summed E-state index contributed by atoms with van der Waals surface area (Å²) in [5, 5.41) is 3.63. The van der Waals surface area contributed by atoms with Gasteiger partial charge in [0.25, 0.3) is 0 Å². The summed E-state index contributed by atoms with van der Waals surface area (Å²) in [4.78, 5) is 4.05. The molecule has 3 aromatic rings. The van der Waals surface area contributed by atoms with Crippen LogP contribution in [0.25, 0.3) is 5.65 Å². The first-order valence-corrected chi connectivity index (χ1v) is 6.03. The highest BCUT2D eigenvalue weighted by molar-refractivity contribution is 5.46. The van der Waals surface area contributed by atoms with E-state index in [1.807, 2.05) is 6.07 Å². The highest BCUT2D eigenvalue weighted by Crippen LogP contribution is 2.29. The van der Waals surface area contributed by atoms with E-state index in [2.05, 4.69) is 21.9 Å². The van der Waals surface area contributed by atoms with E-state index >= 15 is 0 Å². The minimum absolute atomic E-state index is 0.0548. The number of aromatic nitrogens is 3. The molecule has 0 aliphatic rings. The van der Waals surface area contributed by atoms with Crippen molar-refractivity contribution in [2.45, 2.75) is 6.18 Å². The molecule has 0 aliphatic heterocycles. The third kappa shape index (κ3) is 2.72. The van der Waals surface area contributed by atoms with Gasteiger partial charge in [-0.15, -0.1) is 0 Å². The maximum Gasteiger partial charge on any atom is 0.433 e. The van der Waals surface area contributed by atoms with Crippen molar-refractivity contribution in [3.8, 4) is 11.8 Å². The lowest BCUT2D eigenvalue weighted by molar-refractivity contribution is -0.142. The maximum atomic E-state index is 13.0. The van der Waals surface area contributed by atoms with E-state index < -0.39 is 11.9 Å². The Morgan fingerprint density at radius 2 is 1.76 bits per heavy atom. The van der Waals surface area contributed by atoms with Crippen molar-refractivity contribution in [2.75, 3.05) is 0 Å². The van der Waals surface area contributed by atoms with Crippen LogP contribution >= 0.6 is 0 Å². The SMILES string of the molecule is FC(F)(F)c1cc(C#Cc2ccccc2)nc2ccnn12. The quantitative estimate of drug-likeness (QED) is 0.595. The molecule has 3 rings (SSSR count). The molecule has 0 unspecified atom stereocenters. The molecule has 0 amide bonds. The van der Waals surface area contributed by atoms with Crippen LogP contribution in [0.2, 0.25) is 0 Å². The molecule has 0 atom stereocenters. The first-order valence-electron chi connectivity index (χ1n) is 6.03. The molecule has 2 heterocycles. The van der Waals surface area contributed by atoms with Crippen molar-refractivity contribution in [3.05, 3.63) is 65.6 Å². The highest BCUT2D eigenvalue weighted by atomic mass is 19.4. The van der Waals surface area contributed by atoms with Crippen molar-refractivity contribution in [2.24, 2.45) is 0 Å². The van der Waals surface area contributed by atoms with Gasteiger partial charge < -0.3 is 0 Å². The normalized spacial score (nSPS) is 11.2. The number of nitrogens with zero attached hydrogens (tertiary/aromatic N) is 3. The molecule has 0 fully saturated rings. The van der Waals surface area contributed by atoms with Gasteiger partial charge in [-0.2, -0.15) is 18.3 Å². The number of fused-ring (bicyclic) bond motifs is 1. The van der Waals surface area contributed by atoms with E-state index in [0.717, 1.165) is 10.6 Å². The molecule has 2 aromatic heterocycles. The standard InChI is InChI=1S/C15H8F3N3/c16-15(17,18)13-10-12(20-14-8-9-19-21(13)14)7-6-11-4-2-1-3-5-11/h1-5,8-10H. The summed E-state index contributed by atoms with van der Waals surface area (Å²) in [6, 6.07) is 11.3.